The van der Waals surface area contributed by atoms with Crippen LogP contribution in [-0.2, 0) is 17.8 Å². The quantitative estimate of drug-likeness (QED) is 0.297. The summed E-state index contributed by atoms with van der Waals surface area (Å²) >= 11 is 6.16. The Balaban J connectivity index is 1.32. The Kier molecular flexibility index (Phi) is 7.51. The van der Waals surface area contributed by atoms with Crippen molar-refractivity contribution < 1.29 is 18.4 Å². The van der Waals surface area contributed by atoms with Gasteiger partial charge in [0.25, 0.3) is 11.5 Å². The number of rotatable bonds is 6. The number of carbonyl (C=O) groups excluding carboxylic acids is 2. The van der Waals surface area contributed by atoms with Crippen LogP contribution in [0.5, 0.6) is 0 Å². The van der Waals surface area contributed by atoms with Gasteiger partial charge in [-0.25, -0.2) is 8.78 Å². The molecular formula is C32H27ClF2N4O3. The summed E-state index contributed by atoms with van der Waals surface area (Å²) in [6, 6.07) is 20.3. The fourth-order valence-corrected chi connectivity index (χ4v) is 6.19. The van der Waals surface area contributed by atoms with Crippen LogP contribution in [-0.4, -0.2) is 29.5 Å². The second kappa shape index (κ2) is 11.4. The number of nitrogens with zero attached hydrogens (tertiary/aromatic N) is 2. The number of hydrogen-bond acceptors (Lipinski definition) is 4. The fraction of sp³-hybridized carbons (Fsp3) is 0.219. The summed E-state index contributed by atoms with van der Waals surface area (Å²) in [7, 11) is 0. The molecule has 214 valence electrons. The minimum absolute atomic E-state index is 0.0133. The highest BCUT2D eigenvalue weighted by Crippen LogP contribution is 2.39. The number of hydrogen-bond donors (Lipinski definition) is 2. The molecule has 2 N–H and O–H groups in total. The number of nitrogens with one attached hydrogen (secondary N) is 2. The van der Waals surface area contributed by atoms with Crippen LogP contribution >= 0.6 is 11.6 Å². The van der Waals surface area contributed by atoms with E-state index in [0.29, 0.717) is 31.0 Å². The van der Waals surface area contributed by atoms with E-state index in [-0.39, 0.29) is 45.7 Å². The van der Waals surface area contributed by atoms with E-state index in [0.717, 1.165) is 12.1 Å². The molecule has 10 heteroatoms. The maximum absolute atomic E-state index is 14.4. The Morgan fingerprint density at radius 3 is 2.45 bits per heavy atom. The van der Waals surface area contributed by atoms with Crippen molar-refractivity contribution in [1.29, 1.82) is 0 Å². The van der Waals surface area contributed by atoms with Crippen molar-refractivity contribution in [3.63, 3.8) is 0 Å². The molecule has 2 aliphatic heterocycles. The zero-order chi connectivity index (χ0) is 29.4. The van der Waals surface area contributed by atoms with Gasteiger partial charge < -0.3 is 20.1 Å². The largest absolute Gasteiger partial charge is 0.369 e. The molecule has 1 aromatic heterocycles. The van der Waals surface area contributed by atoms with E-state index in [1.54, 1.807) is 30.3 Å². The highest BCUT2D eigenvalue weighted by atomic mass is 35.5. The SMILES string of the molecule is O=C(Cc1c(F)cccc1Cl)Nc1cc(C(=O)Nc2ccccc2F)ccc1N1C[C@H]2C[C@@H](C1)c1cccc(=O)n1C2. The van der Waals surface area contributed by atoms with E-state index in [9.17, 15) is 23.2 Å². The van der Waals surface area contributed by atoms with Gasteiger partial charge in [-0.2, -0.15) is 0 Å². The van der Waals surface area contributed by atoms with Crippen LogP contribution in [0, 0.1) is 17.6 Å². The average Bonchev–Trinajstić information content (AvgIpc) is 2.97. The summed E-state index contributed by atoms with van der Waals surface area (Å²) in [5.41, 5.74) is 2.32. The van der Waals surface area contributed by atoms with Crippen LogP contribution in [0.15, 0.2) is 83.7 Å². The number of para-hydroxylation sites is 1. The Morgan fingerprint density at radius 2 is 1.64 bits per heavy atom. The number of pyridine rings is 1. The first kappa shape index (κ1) is 27.7. The van der Waals surface area contributed by atoms with Crippen LogP contribution in [0.2, 0.25) is 5.02 Å². The summed E-state index contributed by atoms with van der Waals surface area (Å²) < 4.78 is 30.5. The highest BCUT2D eigenvalue weighted by Gasteiger charge is 2.35. The topological polar surface area (TPSA) is 83.4 Å². The standard InChI is InChI=1S/C32H27ClF2N4O3/c33-23-5-3-7-24(34)22(23)15-30(40)36-27-14-20(32(42)37-26-8-2-1-6-25(26)35)11-12-29(27)38-16-19-13-21(18-38)28-9-4-10-31(41)39(28)17-19/h1-12,14,19,21H,13,15-18H2,(H,36,40)(H,37,42)/t19-,21+/m1/s1. The van der Waals surface area contributed by atoms with E-state index in [2.05, 4.69) is 15.5 Å². The minimum Gasteiger partial charge on any atom is -0.369 e. The van der Waals surface area contributed by atoms with E-state index >= 15 is 0 Å². The van der Waals surface area contributed by atoms with Crippen molar-refractivity contribution >= 4 is 40.5 Å². The molecule has 3 aromatic carbocycles. The van der Waals surface area contributed by atoms with Crippen LogP contribution in [0.1, 0.15) is 34.0 Å². The lowest BCUT2D eigenvalue weighted by atomic mass is 9.83. The first-order valence-electron chi connectivity index (χ1n) is 13.6. The molecule has 0 radical (unpaired) electrons. The molecule has 7 nitrogen and oxygen atoms in total. The van der Waals surface area contributed by atoms with E-state index < -0.39 is 23.4 Å². The van der Waals surface area contributed by atoms with Crippen LogP contribution in [0.4, 0.5) is 25.8 Å². The molecule has 42 heavy (non-hydrogen) atoms. The Morgan fingerprint density at radius 1 is 0.857 bits per heavy atom. The van der Waals surface area contributed by atoms with Crippen LogP contribution in [0.3, 0.4) is 0 Å². The molecule has 1 saturated heterocycles. The fourth-order valence-electron chi connectivity index (χ4n) is 5.96. The van der Waals surface area contributed by atoms with Crippen molar-refractivity contribution in [3.05, 3.63) is 123 Å². The van der Waals surface area contributed by atoms with Crippen molar-refractivity contribution in [2.45, 2.75) is 25.3 Å². The zero-order valence-electron chi connectivity index (χ0n) is 22.4. The second-order valence-electron chi connectivity index (χ2n) is 10.7. The molecule has 1 fully saturated rings. The monoisotopic (exact) mass is 588 g/mol. The Bertz CT molecular complexity index is 1740. The third kappa shape index (κ3) is 5.52. The average molecular weight is 589 g/mol. The van der Waals surface area contributed by atoms with E-state index in [1.807, 2.05) is 10.6 Å². The molecule has 2 atom stereocenters. The van der Waals surface area contributed by atoms with E-state index in [4.69, 9.17) is 11.6 Å². The number of amides is 2. The Labute approximate surface area is 245 Å². The molecule has 0 spiro atoms. The molecular weight excluding hydrogens is 562 g/mol. The first-order valence-corrected chi connectivity index (χ1v) is 14.0. The second-order valence-corrected chi connectivity index (χ2v) is 11.1. The molecule has 6 rings (SSSR count). The van der Waals surface area contributed by atoms with Gasteiger partial charge in [0.1, 0.15) is 11.6 Å². The van der Waals surface area contributed by atoms with Crippen LogP contribution < -0.4 is 21.1 Å². The maximum atomic E-state index is 14.4. The van der Waals surface area contributed by atoms with Gasteiger partial charge in [0.15, 0.2) is 0 Å². The molecule has 3 heterocycles. The first-order chi connectivity index (χ1) is 20.3. The van der Waals surface area contributed by atoms with Gasteiger partial charge in [-0.1, -0.05) is 35.9 Å². The summed E-state index contributed by atoms with van der Waals surface area (Å²) in [5.74, 6) is -1.91. The van der Waals surface area contributed by atoms with Crippen molar-refractivity contribution in [1.82, 2.24) is 4.57 Å². The smallest absolute Gasteiger partial charge is 0.255 e. The van der Waals surface area contributed by atoms with Crippen molar-refractivity contribution in [3.8, 4) is 0 Å². The summed E-state index contributed by atoms with van der Waals surface area (Å²) in [5, 5.41) is 5.57. The van der Waals surface area contributed by atoms with Crippen LogP contribution in [0.25, 0.3) is 0 Å². The number of carbonyl (C=O) groups is 2. The van der Waals surface area contributed by atoms with Gasteiger partial charge in [0.2, 0.25) is 5.91 Å². The third-order valence-electron chi connectivity index (χ3n) is 7.87. The molecule has 0 saturated carbocycles. The molecule has 2 amide bonds. The zero-order valence-corrected chi connectivity index (χ0v) is 23.2. The van der Waals surface area contributed by atoms with Gasteiger partial charge in [-0.05, 0) is 60.9 Å². The molecule has 2 bridgehead atoms. The minimum atomic E-state index is -0.589. The maximum Gasteiger partial charge on any atom is 0.255 e. The van der Waals surface area contributed by atoms with Crippen molar-refractivity contribution in [2.75, 3.05) is 28.6 Å². The van der Waals surface area contributed by atoms with Gasteiger partial charge in [0, 0.05) is 53.5 Å². The number of benzene rings is 3. The predicted octanol–water partition coefficient (Wildman–Crippen LogP) is 5.84. The number of piperidine rings is 1. The number of aromatic nitrogens is 1. The van der Waals surface area contributed by atoms with Crippen molar-refractivity contribution in [2.24, 2.45) is 5.92 Å². The molecule has 0 unspecified atom stereocenters. The highest BCUT2D eigenvalue weighted by molar-refractivity contribution is 6.31. The van der Waals surface area contributed by atoms with Gasteiger partial charge in [0.05, 0.1) is 23.5 Å². The van der Waals surface area contributed by atoms with Gasteiger partial charge >= 0.3 is 0 Å². The van der Waals surface area contributed by atoms with E-state index in [1.165, 1.54) is 42.5 Å². The van der Waals surface area contributed by atoms with Gasteiger partial charge in [-0.15, -0.1) is 0 Å². The lowest BCUT2D eigenvalue weighted by Crippen LogP contribution is -2.47. The lowest BCUT2D eigenvalue weighted by molar-refractivity contribution is -0.115. The molecule has 2 aliphatic rings. The predicted molar refractivity (Wildman–Crippen MR) is 158 cm³/mol. The Hall–Kier alpha value is -4.50. The number of fused-ring (bicyclic) bond motifs is 4. The summed E-state index contributed by atoms with van der Waals surface area (Å²) in [4.78, 5) is 40.9. The summed E-state index contributed by atoms with van der Waals surface area (Å²) in [6.45, 7) is 1.83. The number of halogens is 3. The third-order valence-corrected chi connectivity index (χ3v) is 8.23. The number of anilines is 3. The molecule has 4 aromatic rings. The summed E-state index contributed by atoms with van der Waals surface area (Å²) in [6.07, 6.45) is 0.634. The molecule has 0 aliphatic carbocycles. The normalized spacial score (nSPS) is 17.4. The van der Waals surface area contributed by atoms with Gasteiger partial charge in [-0.3, -0.25) is 14.4 Å². The lowest BCUT2D eigenvalue weighted by Gasteiger charge is -2.44.